The molecule has 2 aromatic heterocycles. The standard InChI is InChI=1S/C27H21N3O2/c31-26(16-21-9-3-8-20-7-1-2-10-22(20)21)29-25-12-4-11-24-23(25)13-15-30(27(24)32)18-19-6-5-14-28-17-19/h1-15,17H,16,18H2,(H,29,31). The normalized spacial score (nSPS) is 11.0. The Labute approximate surface area is 185 Å². The molecule has 3 aromatic carbocycles. The van der Waals surface area contributed by atoms with Crippen LogP contribution in [0.15, 0.2) is 102 Å². The molecule has 5 nitrogen and oxygen atoms in total. The van der Waals surface area contributed by atoms with Crippen molar-refractivity contribution in [2.45, 2.75) is 13.0 Å². The summed E-state index contributed by atoms with van der Waals surface area (Å²) in [7, 11) is 0. The van der Waals surface area contributed by atoms with Gasteiger partial charge in [-0.2, -0.15) is 0 Å². The Kier molecular flexibility index (Phi) is 5.22. The average Bonchev–Trinajstić information content (AvgIpc) is 2.82. The SMILES string of the molecule is O=C(Cc1cccc2ccccc12)Nc1cccc2c(=O)n(Cc3cccnc3)ccc12. The largest absolute Gasteiger partial charge is 0.325 e. The van der Waals surface area contributed by atoms with Gasteiger partial charge in [-0.1, -0.05) is 54.6 Å². The van der Waals surface area contributed by atoms with Crippen molar-refractivity contribution < 1.29 is 4.79 Å². The second-order valence-corrected chi connectivity index (χ2v) is 7.74. The third-order valence-electron chi connectivity index (χ3n) is 5.60. The van der Waals surface area contributed by atoms with Gasteiger partial charge in [-0.05, 0) is 46.2 Å². The summed E-state index contributed by atoms with van der Waals surface area (Å²) in [4.78, 5) is 30.0. The number of fused-ring (bicyclic) bond motifs is 2. The lowest BCUT2D eigenvalue weighted by molar-refractivity contribution is -0.115. The van der Waals surface area contributed by atoms with E-state index in [4.69, 9.17) is 0 Å². The van der Waals surface area contributed by atoms with Gasteiger partial charge >= 0.3 is 0 Å². The van der Waals surface area contributed by atoms with Crippen LogP contribution in [0.5, 0.6) is 0 Å². The van der Waals surface area contributed by atoms with Crippen molar-refractivity contribution in [1.29, 1.82) is 0 Å². The van der Waals surface area contributed by atoms with E-state index in [1.54, 1.807) is 35.3 Å². The lowest BCUT2D eigenvalue weighted by atomic mass is 10.0. The van der Waals surface area contributed by atoms with Crippen LogP contribution in [0.4, 0.5) is 5.69 Å². The van der Waals surface area contributed by atoms with Crippen LogP contribution in [0.2, 0.25) is 0 Å². The van der Waals surface area contributed by atoms with Gasteiger partial charge in [0, 0.05) is 35.1 Å². The van der Waals surface area contributed by atoms with Gasteiger partial charge in [0.05, 0.1) is 13.0 Å². The van der Waals surface area contributed by atoms with Gasteiger partial charge in [-0.15, -0.1) is 0 Å². The summed E-state index contributed by atoms with van der Waals surface area (Å²) in [5, 5.41) is 6.47. The maximum atomic E-state index is 13.0. The predicted molar refractivity (Wildman–Crippen MR) is 128 cm³/mol. The molecular weight excluding hydrogens is 398 g/mol. The number of carbonyl (C=O) groups excluding carboxylic acids is 1. The lowest BCUT2D eigenvalue weighted by Gasteiger charge is -2.12. The van der Waals surface area contributed by atoms with Crippen molar-refractivity contribution >= 4 is 33.1 Å². The first-order valence-corrected chi connectivity index (χ1v) is 10.5. The van der Waals surface area contributed by atoms with Gasteiger partial charge < -0.3 is 9.88 Å². The van der Waals surface area contributed by atoms with Crippen LogP contribution >= 0.6 is 0 Å². The fraction of sp³-hybridized carbons (Fsp3) is 0.0741. The highest BCUT2D eigenvalue weighted by atomic mass is 16.1. The molecule has 5 aromatic rings. The number of pyridine rings is 2. The molecule has 1 amide bonds. The van der Waals surface area contributed by atoms with Crippen molar-refractivity contribution in [2.75, 3.05) is 5.32 Å². The molecule has 0 spiro atoms. The highest BCUT2D eigenvalue weighted by Gasteiger charge is 2.11. The summed E-state index contributed by atoms with van der Waals surface area (Å²) in [6, 6.07) is 25.1. The minimum Gasteiger partial charge on any atom is -0.325 e. The van der Waals surface area contributed by atoms with E-state index in [0.29, 0.717) is 17.6 Å². The number of hydrogen-bond donors (Lipinski definition) is 1. The number of nitrogens with one attached hydrogen (secondary N) is 1. The summed E-state index contributed by atoms with van der Waals surface area (Å²) >= 11 is 0. The molecule has 0 saturated carbocycles. The van der Waals surface area contributed by atoms with Crippen LogP contribution in [0.1, 0.15) is 11.1 Å². The quantitative estimate of drug-likeness (QED) is 0.446. The molecule has 0 aliphatic heterocycles. The second kappa shape index (κ2) is 8.47. The minimum atomic E-state index is -0.117. The maximum absolute atomic E-state index is 13.0. The number of benzene rings is 3. The smallest absolute Gasteiger partial charge is 0.258 e. The minimum absolute atomic E-state index is 0.100. The first kappa shape index (κ1) is 19.7. The lowest BCUT2D eigenvalue weighted by Crippen LogP contribution is -2.21. The molecule has 0 saturated heterocycles. The fourth-order valence-electron chi connectivity index (χ4n) is 4.05. The maximum Gasteiger partial charge on any atom is 0.258 e. The molecule has 0 fully saturated rings. The van der Waals surface area contributed by atoms with Gasteiger partial charge in [0.1, 0.15) is 0 Å². The zero-order valence-corrected chi connectivity index (χ0v) is 17.4. The Morgan fingerprint density at radius 1 is 0.844 bits per heavy atom. The molecule has 156 valence electrons. The Morgan fingerprint density at radius 3 is 2.53 bits per heavy atom. The number of aromatic nitrogens is 2. The van der Waals surface area contributed by atoms with Gasteiger partial charge in [-0.3, -0.25) is 14.6 Å². The summed E-state index contributed by atoms with van der Waals surface area (Å²) in [6.07, 6.45) is 5.48. The van der Waals surface area contributed by atoms with Crippen LogP contribution in [0, 0.1) is 0 Å². The number of rotatable bonds is 5. The Balaban J connectivity index is 1.42. The number of amides is 1. The number of hydrogen-bond acceptors (Lipinski definition) is 3. The summed E-state index contributed by atoms with van der Waals surface area (Å²) in [6.45, 7) is 0.445. The van der Waals surface area contributed by atoms with Crippen LogP contribution in [0.3, 0.4) is 0 Å². The summed E-state index contributed by atoms with van der Waals surface area (Å²) in [5.41, 5.74) is 2.46. The predicted octanol–water partition coefficient (Wildman–Crippen LogP) is 4.78. The zero-order chi connectivity index (χ0) is 21.9. The monoisotopic (exact) mass is 419 g/mol. The van der Waals surface area contributed by atoms with Crippen molar-refractivity contribution in [3.05, 3.63) is 119 Å². The Hall–Kier alpha value is -4.25. The molecule has 0 unspecified atom stereocenters. The number of anilines is 1. The highest BCUT2D eigenvalue weighted by molar-refractivity contribution is 6.03. The average molecular weight is 419 g/mol. The van der Waals surface area contributed by atoms with Crippen molar-refractivity contribution in [3.63, 3.8) is 0 Å². The first-order chi connectivity index (χ1) is 15.7. The molecule has 0 aliphatic carbocycles. The second-order valence-electron chi connectivity index (χ2n) is 7.74. The molecule has 0 aliphatic rings. The van der Waals surface area contributed by atoms with Crippen LogP contribution in [-0.2, 0) is 17.8 Å². The third-order valence-corrected chi connectivity index (χ3v) is 5.60. The van der Waals surface area contributed by atoms with Crippen LogP contribution in [-0.4, -0.2) is 15.5 Å². The molecule has 0 radical (unpaired) electrons. The molecule has 0 bridgehead atoms. The van der Waals surface area contributed by atoms with E-state index >= 15 is 0 Å². The Morgan fingerprint density at radius 2 is 1.66 bits per heavy atom. The molecule has 2 heterocycles. The fourth-order valence-corrected chi connectivity index (χ4v) is 4.05. The summed E-state index contributed by atoms with van der Waals surface area (Å²) in [5.74, 6) is -0.117. The molecule has 0 atom stereocenters. The first-order valence-electron chi connectivity index (χ1n) is 10.5. The molecule has 32 heavy (non-hydrogen) atoms. The zero-order valence-electron chi connectivity index (χ0n) is 17.4. The molecule has 5 rings (SSSR count). The van der Waals surface area contributed by atoms with Crippen molar-refractivity contribution in [2.24, 2.45) is 0 Å². The van der Waals surface area contributed by atoms with Crippen LogP contribution < -0.4 is 10.9 Å². The van der Waals surface area contributed by atoms with E-state index in [1.165, 1.54) is 0 Å². The molecular formula is C27H21N3O2. The third kappa shape index (κ3) is 3.88. The van der Waals surface area contributed by atoms with Gasteiger partial charge in [0.25, 0.3) is 5.56 Å². The Bertz CT molecular complexity index is 1480. The van der Waals surface area contributed by atoms with Crippen LogP contribution in [0.25, 0.3) is 21.5 Å². The van der Waals surface area contributed by atoms with E-state index in [1.807, 2.05) is 66.7 Å². The van der Waals surface area contributed by atoms with E-state index in [9.17, 15) is 9.59 Å². The van der Waals surface area contributed by atoms with Crippen molar-refractivity contribution in [1.82, 2.24) is 9.55 Å². The van der Waals surface area contributed by atoms with Gasteiger partial charge in [0.15, 0.2) is 0 Å². The highest BCUT2D eigenvalue weighted by Crippen LogP contribution is 2.23. The molecule has 5 heteroatoms. The van der Waals surface area contributed by atoms with E-state index < -0.39 is 0 Å². The van der Waals surface area contributed by atoms with E-state index in [-0.39, 0.29) is 17.9 Å². The van der Waals surface area contributed by atoms with Gasteiger partial charge in [-0.25, -0.2) is 0 Å². The molecule has 1 N–H and O–H groups in total. The summed E-state index contributed by atoms with van der Waals surface area (Å²) < 4.78 is 1.65. The van der Waals surface area contributed by atoms with E-state index in [0.717, 1.165) is 27.3 Å². The van der Waals surface area contributed by atoms with E-state index in [2.05, 4.69) is 10.3 Å². The number of nitrogens with zero attached hydrogens (tertiary/aromatic N) is 2. The van der Waals surface area contributed by atoms with Gasteiger partial charge in [0.2, 0.25) is 5.91 Å². The number of carbonyl (C=O) groups is 1. The topological polar surface area (TPSA) is 64.0 Å². The van der Waals surface area contributed by atoms with Crippen molar-refractivity contribution in [3.8, 4) is 0 Å².